The van der Waals surface area contributed by atoms with E-state index >= 15 is 0 Å². The third kappa shape index (κ3) is 3.36. The number of aromatic nitrogens is 2. The summed E-state index contributed by atoms with van der Waals surface area (Å²) in [5, 5.41) is 3.06. The Morgan fingerprint density at radius 3 is 2.71 bits per heavy atom. The standard InChI is InChI=1S/C19H14BrN3O5/c1-10(24)12-5-16-17(28-9-27-16)6-15(12)22-18(25)7-23-8-21-14-3-2-11(20)4-13(14)19(23)26/h2-6,8H,7,9H2,1H3,(H,22,25). The second kappa shape index (κ2) is 7.08. The monoisotopic (exact) mass is 443 g/mol. The molecule has 142 valence electrons. The zero-order valence-electron chi connectivity index (χ0n) is 14.7. The molecule has 0 aliphatic carbocycles. The first-order valence-corrected chi connectivity index (χ1v) is 9.11. The van der Waals surface area contributed by atoms with E-state index in [4.69, 9.17) is 9.47 Å². The summed E-state index contributed by atoms with van der Waals surface area (Å²) in [5.41, 5.74) is 0.801. The van der Waals surface area contributed by atoms with Crippen molar-refractivity contribution in [3.63, 3.8) is 0 Å². The first-order chi connectivity index (χ1) is 13.4. The number of amides is 1. The predicted molar refractivity (Wildman–Crippen MR) is 105 cm³/mol. The minimum Gasteiger partial charge on any atom is -0.454 e. The number of nitrogens with zero attached hydrogens (tertiary/aromatic N) is 2. The van der Waals surface area contributed by atoms with Crippen molar-refractivity contribution in [1.29, 1.82) is 0 Å². The molecule has 28 heavy (non-hydrogen) atoms. The van der Waals surface area contributed by atoms with Gasteiger partial charge in [0.25, 0.3) is 5.56 Å². The van der Waals surface area contributed by atoms with E-state index in [0.29, 0.717) is 33.7 Å². The number of benzene rings is 2. The Kier molecular flexibility index (Phi) is 4.60. The number of halogens is 1. The number of carbonyl (C=O) groups excluding carboxylic acids is 2. The molecule has 2 aromatic carbocycles. The van der Waals surface area contributed by atoms with Gasteiger partial charge in [-0.15, -0.1) is 0 Å². The van der Waals surface area contributed by atoms with Gasteiger partial charge in [-0.3, -0.25) is 19.0 Å². The van der Waals surface area contributed by atoms with Crippen LogP contribution in [0.4, 0.5) is 5.69 Å². The third-order valence-electron chi connectivity index (χ3n) is 4.27. The van der Waals surface area contributed by atoms with Gasteiger partial charge in [-0.2, -0.15) is 0 Å². The molecule has 0 fully saturated rings. The zero-order chi connectivity index (χ0) is 19.8. The summed E-state index contributed by atoms with van der Waals surface area (Å²) in [4.78, 5) is 41.3. The number of ketones is 1. The van der Waals surface area contributed by atoms with Gasteiger partial charge in [0, 0.05) is 16.1 Å². The van der Waals surface area contributed by atoms with Gasteiger partial charge in [-0.1, -0.05) is 15.9 Å². The molecule has 1 N–H and O–H groups in total. The highest BCUT2D eigenvalue weighted by Crippen LogP contribution is 2.37. The van der Waals surface area contributed by atoms with Gasteiger partial charge in [-0.25, -0.2) is 4.98 Å². The summed E-state index contributed by atoms with van der Waals surface area (Å²) >= 11 is 3.32. The highest BCUT2D eigenvalue weighted by Gasteiger charge is 2.20. The fourth-order valence-electron chi connectivity index (χ4n) is 2.92. The van der Waals surface area contributed by atoms with E-state index in [1.807, 2.05) is 0 Å². The average Bonchev–Trinajstić information content (AvgIpc) is 3.11. The highest BCUT2D eigenvalue weighted by molar-refractivity contribution is 9.10. The molecule has 2 heterocycles. The van der Waals surface area contributed by atoms with Gasteiger partial charge >= 0.3 is 0 Å². The first kappa shape index (κ1) is 18.2. The molecular weight excluding hydrogens is 430 g/mol. The maximum Gasteiger partial charge on any atom is 0.261 e. The van der Waals surface area contributed by atoms with Crippen molar-refractivity contribution < 1.29 is 19.1 Å². The Hall–Kier alpha value is -3.20. The number of rotatable bonds is 4. The quantitative estimate of drug-likeness (QED) is 0.622. The molecule has 4 rings (SSSR count). The predicted octanol–water partition coefficient (Wildman–Crippen LogP) is 2.73. The van der Waals surface area contributed by atoms with Gasteiger partial charge < -0.3 is 14.8 Å². The minimum absolute atomic E-state index is 0.0534. The van der Waals surface area contributed by atoms with Crippen LogP contribution >= 0.6 is 15.9 Å². The second-order valence-electron chi connectivity index (χ2n) is 6.19. The SMILES string of the molecule is CC(=O)c1cc2c(cc1NC(=O)Cn1cnc3ccc(Br)cc3c1=O)OCO2. The average molecular weight is 444 g/mol. The lowest BCUT2D eigenvalue weighted by Crippen LogP contribution is -2.28. The Morgan fingerprint density at radius 2 is 1.96 bits per heavy atom. The van der Waals surface area contributed by atoms with Crippen LogP contribution in [0.2, 0.25) is 0 Å². The van der Waals surface area contributed by atoms with Crippen molar-refractivity contribution in [2.45, 2.75) is 13.5 Å². The van der Waals surface area contributed by atoms with Crippen molar-refractivity contribution in [1.82, 2.24) is 9.55 Å². The van der Waals surface area contributed by atoms with Gasteiger partial charge in [0.05, 0.1) is 22.9 Å². The Labute approximate surface area is 167 Å². The third-order valence-corrected chi connectivity index (χ3v) is 4.76. The molecule has 0 spiro atoms. The lowest BCUT2D eigenvalue weighted by molar-refractivity contribution is -0.116. The number of hydrogen-bond donors (Lipinski definition) is 1. The molecule has 1 amide bonds. The number of anilines is 1. The molecule has 0 unspecified atom stereocenters. The van der Waals surface area contributed by atoms with Gasteiger partial charge in [-0.05, 0) is 31.2 Å². The van der Waals surface area contributed by atoms with E-state index in [-0.39, 0.29) is 24.7 Å². The number of fused-ring (bicyclic) bond motifs is 2. The molecular formula is C19H14BrN3O5. The van der Waals surface area contributed by atoms with Crippen molar-refractivity contribution in [3.05, 3.63) is 57.0 Å². The summed E-state index contributed by atoms with van der Waals surface area (Å²) in [6, 6.07) is 8.23. The largest absolute Gasteiger partial charge is 0.454 e. The highest BCUT2D eigenvalue weighted by atomic mass is 79.9. The van der Waals surface area contributed by atoms with Crippen LogP contribution in [0.15, 0.2) is 45.9 Å². The van der Waals surface area contributed by atoms with Crippen molar-refractivity contribution >= 4 is 44.2 Å². The molecule has 1 aliphatic heterocycles. The fourth-order valence-corrected chi connectivity index (χ4v) is 3.29. The molecule has 1 aliphatic rings. The molecule has 0 bridgehead atoms. The molecule has 0 saturated heterocycles. The molecule has 1 aromatic heterocycles. The number of ether oxygens (including phenoxy) is 2. The Bertz CT molecular complexity index is 1190. The lowest BCUT2D eigenvalue weighted by atomic mass is 10.1. The maximum atomic E-state index is 12.6. The van der Waals surface area contributed by atoms with Crippen LogP contribution in [0.5, 0.6) is 11.5 Å². The van der Waals surface area contributed by atoms with E-state index in [2.05, 4.69) is 26.2 Å². The van der Waals surface area contributed by atoms with E-state index in [9.17, 15) is 14.4 Å². The Morgan fingerprint density at radius 1 is 1.21 bits per heavy atom. The fraction of sp³-hybridized carbons (Fsp3) is 0.158. The number of carbonyl (C=O) groups is 2. The zero-order valence-corrected chi connectivity index (χ0v) is 16.3. The smallest absolute Gasteiger partial charge is 0.261 e. The summed E-state index contributed by atoms with van der Waals surface area (Å²) < 4.78 is 12.5. The van der Waals surface area contributed by atoms with E-state index < -0.39 is 5.91 Å². The molecule has 9 heteroatoms. The topological polar surface area (TPSA) is 99.5 Å². The number of Topliss-reactive ketones (excluding diaryl/α,β-unsaturated/α-hetero) is 1. The molecule has 3 aromatic rings. The molecule has 0 saturated carbocycles. The van der Waals surface area contributed by atoms with Crippen LogP contribution in [0.3, 0.4) is 0 Å². The summed E-state index contributed by atoms with van der Waals surface area (Å²) in [6.07, 6.45) is 1.32. The number of nitrogens with one attached hydrogen (secondary N) is 1. The molecule has 8 nitrogen and oxygen atoms in total. The van der Waals surface area contributed by atoms with Crippen LogP contribution < -0.4 is 20.3 Å². The molecule has 0 radical (unpaired) electrons. The molecule has 0 atom stereocenters. The van der Waals surface area contributed by atoms with Crippen molar-refractivity contribution in [3.8, 4) is 11.5 Å². The summed E-state index contributed by atoms with van der Waals surface area (Å²) in [6.45, 7) is 1.20. The first-order valence-electron chi connectivity index (χ1n) is 8.31. The maximum absolute atomic E-state index is 12.6. The number of hydrogen-bond acceptors (Lipinski definition) is 6. The van der Waals surface area contributed by atoms with Crippen molar-refractivity contribution in [2.24, 2.45) is 0 Å². The van der Waals surface area contributed by atoms with E-state index in [0.717, 1.165) is 4.47 Å². The lowest BCUT2D eigenvalue weighted by Gasteiger charge is -2.12. The van der Waals surface area contributed by atoms with Crippen LogP contribution in [0.25, 0.3) is 10.9 Å². The summed E-state index contributed by atoms with van der Waals surface area (Å²) in [7, 11) is 0. The van der Waals surface area contributed by atoms with Crippen LogP contribution in [0, 0.1) is 0 Å². The van der Waals surface area contributed by atoms with E-state index in [1.165, 1.54) is 30.0 Å². The second-order valence-corrected chi connectivity index (χ2v) is 7.11. The summed E-state index contributed by atoms with van der Waals surface area (Å²) in [5.74, 6) is 0.181. The van der Waals surface area contributed by atoms with Gasteiger partial charge in [0.2, 0.25) is 12.7 Å². The van der Waals surface area contributed by atoms with Crippen LogP contribution in [-0.2, 0) is 11.3 Å². The van der Waals surface area contributed by atoms with Crippen LogP contribution in [0.1, 0.15) is 17.3 Å². The van der Waals surface area contributed by atoms with E-state index in [1.54, 1.807) is 18.2 Å². The van der Waals surface area contributed by atoms with Crippen molar-refractivity contribution in [2.75, 3.05) is 12.1 Å². The van der Waals surface area contributed by atoms with Gasteiger partial charge in [0.1, 0.15) is 6.54 Å². The Balaban J connectivity index is 1.62. The normalized spacial score (nSPS) is 12.2. The van der Waals surface area contributed by atoms with Crippen LogP contribution in [-0.4, -0.2) is 28.0 Å². The minimum atomic E-state index is -0.473. The van der Waals surface area contributed by atoms with Gasteiger partial charge in [0.15, 0.2) is 17.3 Å².